The van der Waals surface area contributed by atoms with Crippen LogP contribution in [-0.2, 0) is 17.9 Å². The minimum atomic E-state index is 0.262. The summed E-state index contributed by atoms with van der Waals surface area (Å²) in [6.07, 6.45) is 12.2. The fourth-order valence-electron chi connectivity index (χ4n) is 3.23. The van der Waals surface area contributed by atoms with Crippen molar-refractivity contribution in [3.05, 3.63) is 18.0 Å². The first-order valence-electron chi connectivity index (χ1n) is 8.81. The zero-order chi connectivity index (χ0) is 16.1. The Morgan fingerprint density at radius 1 is 1.26 bits per heavy atom. The third-order valence-corrected chi connectivity index (χ3v) is 5.79. The van der Waals surface area contributed by atoms with E-state index in [0.717, 1.165) is 43.3 Å². The second-order valence-electron chi connectivity index (χ2n) is 6.28. The molecular weight excluding hydrogens is 308 g/mol. The Balaban J connectivity index is 1.70. The molecular formula is C17H26N4OS. The van der Waals surface area contributed by atoms with Crippen LogP contribution >= 0.6 is 11.8 Å². The number of amides is 1. The molecule has 0 aromatic carbocycles. The van der Waals surface area contributed by atoms with Crippen molar-refractivity contribution in [2.45, 2.75) is 75.4 Å². The number of thioether (sulfide) groups is 1. The highest BCUT2D eigenvalue weighted by Gasteiger charge is 2.21. The Morgan fingerprint density at radius 3 is 2.96 bits per heavy atom. The number of likely N-dealkylation sites (tertiary alicyclic amines) is 1. The topological polar surface area (TPSA) is 51.0 Å². The second-order valence-corrected chi connectivity index (χ2v) is 7.49. The van der Waals surface area contributed by atoms with Crippen LogP contribution in [0.25, 0.3) is 0 Å². The number of rotatable bonds is 5. The van der Waals surface area contributed by atoms with Crippen molar-refractivity contribution in [2.24, 2.45) is 0 Å². The molecule has 3 rings (SSSR count). The van der Waals surface area contributed by atoms with E-state index in [4.69, 9.17) is 0 Å². The van der Waals surface area contributed by atoms with Gasteiger partial charge >= 0.3 is 0 Å². The van der Waals surface area contributed by atoms with Gasteiger partial charge in [-0.2, -0.15) is 0 Å². The molecule has 0 radical (unpaired) electrons. The molecule has 126 valence electrons. The first-order chi connectivity index (χ1) is 11.3. The van der Waals surface area contributed by atoms with E-state index in [0.29, 0.717) is 18.2 Å². The summed E-state index contributed by atoms with van der Waals surface area (Å²) in [4.78, 5) is 14.2. The summed E-state index contributed by atoms with van der Waals surface area (Å²) >= 11 is 1.80. The molecule has 23 heavy (non-hydrogen) atoms. The molecule has 6 heteroatoms. The van der Waals surface area contributed by atoms with Crippen LogP contribution in [0.3, 0.4) is 0 Å². The van der Waals surface area contributed by atoms with Crippen molar-refractivity contribution in [3.63, 3.8) is 0 Å². The molecule has 5 nitrogen and oxygen atoms in total. The van der Waals surface area contributed by atoms with Crippen LogP contribution in [0.1, 0.15) is 57.7 Å². The van der Waals surface area contributed by atoms with Gasteiger partial charge < -0.3 is 9.47 Å². The largest absolute Gasteiger partial charge is 0.335 e. The molecule has 1 aliphatic heterocycles. The van der Waals surface area contributed by atoms with Crippen molar-refractivity contribution in [2.75, 3.05) is 6.54 Å². The molecule has 1 amide bonds. The van der Waals surface area contributed by atoms with Gasteiger partial charge in [-0.1, -0.05) is 30.3 Å². The van der Waals surface area contributed by atoms with Gasteiger partial charge in [-0.3, -0.25) is 4.79 Å². The van der Waals surface area contributed by atoms with Gasteiger partial charge in [0, 0.05) is 24.8 Å². The third kappa shape index (κ3) is 4.16. The molecule has 1 aliphatic carbocycles. The zero-order valence-corrected chi connectivity index (χ0v) is 14.7. The van der Waals surface area contributed by atoms with Gasteiger partial charge in [-0.15, -0.1) is 10.2 Å². The lowest BCUT2D eigenvalue weighted by Crippen LogP contribution is -2.31. The molecule has 1 saturated heterocycles. The highest BCUT2D eigenvalue weighted by molar-refractivity contribution is 7.99. The molecule has 1 aromatic heterocycles. The Bertz CT molecular complexity index is 569. The van der Waals surface area contributed by atoms with E-state index in [1.54, 1.807) is 11.8 Å². The van der Waals surface area contributed by atoms with Crippen LogP contribution in [0.5, 0.6) is 0 Å². The van der Waals surface area contributed by atoms with Crippen molar-refractivity contribution in [3.8, 4) is 0 Å². The van der Waals surface area contributed by atoms with Gasteiger partial charge in [0.2, 0.25) is 5.91 Å². The predicted octanol–water partition coefficient (Wildman–Crippen LogP) is 3.40. The van der Waals surface area contributed by atoms with E-state index in [9.17, 15) is 4.79 Å². The Labute approximate surface area is 142 Å². The van der Waals surface area contributed by atoms with E-state index in [1.807, 2.05) is 4.90 Å². The van der Waals surface area contributed by atoms with Gasteiger partial charge in [0.1, 0.15) is 0 Å². The number of carbonyl (C=O) groups excluding carboxylic acids is 1. The van der Waals surface area contributed by atoms with E-state index in [-0.39, 0.29) is 5.91 Å². The summed E-state index contributed by atoms with van der Waals surface area (Å²) in [7, 11) is 0. The zero-order valence-electron chi connectivity index (χ0n) is 13.9. The smallest absolute Gasteiger partial charge is 0.222 e. The average Bonchev–Trinajstić information content (AvgIpc) is 2.83. The molecule has 1 atom stereocenters. The highest BCUT2D eigenvalue weighted by Crippen LogP contribution is 2.29. The average molecular weight is 334 g/mol. The van der Waals surface area contributed by atoms with Gasteiger partial charge in [0.05, 0.1) is 6.54 Å². The molecule has 1 aromatic rings. The van der Waals surface area contributed by atoms with Crippen molar-refractivity contribution < 1.29 is 4.79 Å². The summed E-state index contributed by atoms with van der Waals surface area (Å²) in [5.41, 5.74) is 0. The van der Waals surface area contributed by atoms with E-state index >= 15 is 0 Å². The molecule has 0 bridgehead atoms. The molecule has 2 heterocycles. The van der Waals surface area contributed by atoms with Gasteiger partial charge in [0.15, 0.2) is 11.0 Å². The van der Waals surface area contributed by atoms with Crippen LogP contribution in [0, 0.1) is 0 Å². The van der Waals surface area contributed by atoms with Crippen LogP contribution < -0.4 is 0 Å². The molecule has 0 N–H and O–H groups in total. The highest BCUT2D eigenvalue weighted by atomic mass is 32.2. The summed E-state index contributed by atoms with van der Waals surface area (Å²) in [5.74, 6) is 1.18. The van der Waals surface area contributed by atoms with Crippen LogP contribution in [0.15, 0.2) is 17.3 Å². The fraction of sp³-hybridized carbons (Fsp3) is 0.706. The lowest BCUT2D eigenvalue weighted by molar-refractivity contribution is -0.131. The molecule has 1 fully saturated rings. The number of hydrogen-bond acceptors (Lipinski definition) is 4. The number of aromatic nitrogens is 3. The monoisotopic (exact) mass is 334 g/mol. The van der Waals surface area contributed by atoms with Crippen LogP contribution in [0.4, 0.5) is 0 Å². The Hall–Kier alpha value is -1.30. The third-order valence-electron chi connectivity index (χ3n) is 4.58. The standard InChI is InChI=1S/C17H26N4OS/c1-2-21-15(13-20-12-8-4-7-11-16(20)22)18-19-17(21)23-14-9-5-3-6-10-14/h5,9,14H,2-4,6-8,10-13H2,1H3. The molecule has 2 aliphatic rings. The Kier molecular flexibility index (Phi) is 5.75. The minimum Gasteiger partial charge on any atom is -0.335 e. The van der Waals surface area contributed by atoms with Crippen molar-refractivity contribution >= 4 is 17.7 Å². The maximum absolute atomic E-state index is 12.2. The Morgan fingerprint density at radius 2 is 2.17 bits per heavy atom. The van der Waals surface area contributed by atoms with Crippen LogP contribution in [0.2, 0.25) is 0 Å². The SMILES string of the molecule is CCn1c(CN2CCCCCC2=O)nnc1SC1C=CCCC1. The van der Waals surface area contributed by atoms with Crippen molar-refractivity contribution in [1.82, 2.24) is 19.7 Å². The first kappa shape index (κ1) is 16.6. The maximum Gasteiger partial charge on any atom is 0.222 e. The first-order valence-corrected chi connectivity index (χ1v) is 9.69. The van der Waals surface area contributed by atoms with Crippen LogP contribution in [-0.4, -0.2) is 37.4 Å². The van der Waals surface area contributed by atoms with E-state index in [2.05, 4.69) is 33.8 Å². The quantitative estimate of drug-likeness (QED) is 0.775. The van der Waals surface area contributed by atoms with Crippen molar-refractivity contribution in [1.29, 1.82) is 0 Å². The number of nitrogens with zero attached hydrogens (tertiary/aromatic N) is 4. The predicted molar refractivity (Wildman–Crippen MR) is 92.2 cm³/mol. The lowest BCUT2D eigenvalue weighted by atomic mass is 10.1. The van der Waals surface area contributed by atoms with Gasteiger partial charge in [0.25, 0.3) is 0 Å². The number of hydrogen-bond donors (Lipinski definition) is 0. The fourth-order valence-corrected chi connectivity index (χ4v) is 4.43. The lowest BCUT2D eigenvalue weighted by Gasteiger charge is -2.20. The normalized spacial score (nSPS) is 22.4. The number of allylic oxidation sites excluding steroid dienone is 1. The molecule has 0 spiro atoms. The summed E-state index contributed by atoms with van der Waals surface area (Å²) < 4.78 is 2.17. The minimum absolute atomic E-state index is 0.262. The summed E-state index contributed by atoms with van der Waals surface area (Å²) in [6.45, 7) is 4.42. The van der Waals surface area contributed by atoms with Gasteiger partial charge in [-0.25, -0.2) is 0 Å². The van der Waals surface area contributed by atoms with E-state index in [1.165, 1.54) is 19.3 Å². The molecule has 0 saturated carbocycles. The summed E-state index contributed by atoms with van der Waals surface area (Å²) in [5, 5.41) is 10.3. The van der Waals surface area contributed by atoms with Gasteiger partial charge in [-0.05, 0) is 39.0 Å². The van der Waals surface area contributed by atoms with E-state index < -0.39 is 0 Å². The summed E-state index contributed by atoms with van der Waals surface area (Å²) in [6, 6.07) is 0. The second kappa shape index (κ2) is 7.99. The number of carbonyl (C=O) groups is 1. The molecule has 1 unspecified atom stereocenters. The maximum atomic E-state index is 12.2.